The molecule has 2 aliphatic rings. The second-order valence-corrected chi connectivity index (χ2v) is 9.73. The van der Waals surface area contributed by atoms with Gasteiger partial charge in [-0.2, -0.15) is 8.75 Å². The molecule has 8 nitrogen and oxygen atoms in total. The summed E-state index contributed by atoms with van der Waals surface area (Å²) in [6.07, 6.45) is 0. The number of aryl methyl sites for hydroxylation is 2. The van der Waals surface area contributed by atoms with E-state index in [1.807, 2.05) is 50.2 Å². The fraction of sp³-hybridized carbons (Fsp3) is 0.0769. The number of rotatable bonds is 2. The van der Waals surface area contributed by atoms with E-state index in [-0.39, 0.29) is 11.6 Å². The minimum absolute atomic E-state index is 0.0237. The first-order valence-electron chi connectivity index (χ1n) is 11.2. The summed E-state index contributed by atoms with van der Waals surface area (Å²) in [5.74, 6) is 0.0474. The summed E-state index contributed by atoms with van der Waals surface area (Å²) in [6, 6.07) is 11.5. The molecule has 5 heterocycles. The molecule has 0 amide bonds. The molecule has 0 spiro atoms. The highest BCUT2D eigenvalue weighted by atomic mass is 32.1. The van der Waals surface area contributed by atoms with Gasteiger partial charge in [-0.15, -0.1) is 0 Å². The molecule has 1 aromatic carbocycles. The lowest BCUT2D eigenvalue weighted by Gasteiger charge is -2.05. The van der Waals surface area contributed by atoms with E-state index in [4.69, 9.17) is 0 Å². The van der Waals surface area contributed by atoms with Crippen molar-refractivity contribution in [3.05, 3.63) is 70.0 Å². The largest absolute Gasteiger partial charge is 0.357 e. The highest BCUT2D eigenvalue weighted by Gasteiger charge is 2.33. The summed E-state index contributed by atoms with van der Waals surface area (Å²) in [5, 5.41) is 0. The Hall–Kier alpha value is -4.50. The third kappa shape index (κ3) is 2.30. The number of nitrogens with one attached hydrogen (secondary N) is 4. The van der Waals surface area contributed by atoms with Crippen LogP contribution in [0.2, 0.25) is 0 Å². The molecule has 6 aromatic rings. The molecule has 0 radical (unpaired) electrons. The predicted octanol–water partition coefficient (Wildman–Crippen LogP) is 5.38. The van der Waals surface area contributed by atoms with Crippen LogP contribution < -0.4 is 0 Å². The second-order valence-electron chi connectivity index (χ2n) is 9.21. The molecule has 168 valence electrons. The van der Waals surface area contributed by atoms with E-state index in [0.29, 0.717) is 22.3 Å². The minimum atomic E-state index is 0.0237. The summed E-state index contributed by atoms with van der Waals surface area (Å²) < 4.78 is 9.16. The zero-order valence-electron chi connectivity index (χ0n) is 18.6. The minimum Gasteiger partial charge on any atom is -0.357 e. The first kappa shape index (κ1) is 18.9. The zero-order valence-corrected chi connectivity index (χ0v) is 19.4. The Morgan fingerprint density at radius 1 is 0.571 bits per heavy atom. The Kier molecular flexibility index (Phi) is 3.31. The summed E-state index contributed by atoms with van der Waals surface area (Å²) in [5.41, 5.74) is 12.8. The van der Waals surface area contributed by atoms with Crippen molar-refractivity contribution >= 4 is 34.3 Å². The van der Waals surface area contributed by atoms with Crippen molar-refractivity contribution in [1.29, 1.82) is 0 Å². The lowest BCUT2D eigenvalue weighted by Crippen LogP contribution is -1.93. The van der Waals surface area contributed by atoms with Crippen LogP contribution >= 0.6 is 11.7 Å². The highest BCUT2D eigenvalue weighted by molar-refractivity contribution is 7.00. The fourth-order valence-corrected chi connectivity index (χ4v) is 6.05. The van der Waals surface area contributed by atoms with Crippen molar-refractivity contribution in [3.63, 3.8) is 0 Å². The van der Waals surface area contributed by atoms with Crippen LogP contribution in [0.5, 0.6) is 0 Å². The smallest absolute Gasteiger partial charge is 0.197 e. The van der Waals surface area contributed by atoms with Gasteiger partial charge in [-0.05, 0) is 50.2 Å². The third-order valence-corrected chi connectivity index (χ3v) is 7.54. The van der Waals surface area contributed by atoms with Gasteiger partial charge in [0, 0.05) is 45.0 Å². The van der Waals surface area contributed by atoms with Gasteiger partial charge >= 0.3 is 0 Å². The van der Waals surface area contributed by atoms with Crippen LogP contribution in [0.1, 0.15) is 43.2 Å². The molecular weight excluding hydrogens is 460 g/mol. The van der Waals surface area contributed by atoms with Crippen LogP contribution in [0, 0.1) is 13.8 Å². The molecular formula is C26H16N6O2S. The summed E-state index contributed by atoms with van der Waals surface area (Å²) in [6.45, 7) is 3.89. The van der Waals surface area contributed by atoms with Gasteiger partial charge in [0.1, 0.15) is 11.0 Å². The first-order valence-corrected chi connectivity index (χ1v) is 11.9. The molecule has 5 aromatic heterocycles. The van der Waals surface area contributed by atoms with Crippen LogP contribution in [0.15, 0.2) is 36.4 Å². The van der Waals surface area contributed by atoms with E-state index in [2.05, 4.69) is 28.7 Å². The van der Waals surface area contributed by atoms with Crippen LogP contribution in [0.3, 0.4) is 0 Å². The van der Waals surface area contributed by atoms with Crippen molar-refractivity contribution in [2.45, 2.75) is 13.8 Å². The van der Waals surface area contributed by atoms with Gasteiger partial charge in [0.2, 0.25) is 0 Å². The van der Waals surface area contributed by atoms with Crippen molar-refractivity contribution in [2.24, 2.45) is 0 Å². The number of fused-ring (bicyclic) bond motifs is 7. The number of hydrogen-bond acceptors (Lipinski definition) is 5. The number of benzene rings is 1. The second kappa shape index (κ2) is 6.13. The molecule has 35 heavy (non-hydrogen) atoms. The lowest BCUT2D eigenvalue weighted by atomic mass is 10.0. The number of carbonyl (C=O) groups excluding carboxylic acids is 2. The van der Waals surface area contributed by atoms with E-state index >= 15 is 0 Å². The molecule has 0 bridgehead atoms. The summed E-state index contributed by atoms with van der Waals surface area (Å²) in [7, 11) is 0. The monoisotopic (exact) mass is 476 g/mol. The molecule has 8 rings (SSSR count). The highest BCUT2D eigenvalue weighted by Crippen LogP contribution is 2.43. The maximum absolute atomic E-state index is 12.9. The molecule has 4 N–H and O–H groups in total. The number of carbonyl (C=O) groups is 2. The fourth-order valence-electron chi connectivity index (χ4n) is 5.47. The molecule has 2 aliphatic carbocycles. The average Bonchev–Trinajstić information content (AvgIpc) is 3.66. The van der Waals surface area contributed by atoms with Crippen molar-refractivity contribution < 1.29 is 9.59 Å². The lowest BCUT2D eigenvalue weighted by molar-refractivity contribution is 0.103. The molecule has 0 saturated heterocycles. The number of ketones is 2. The van der Waals surface area contributed by atoms with Crippen LogP contribution in [0.4, 0.5) is 0 Å². The molecule has 0 saturated carbocycles. The number of aromatic amines is 4. The first-order chi connectivity index (χ1) is 17.0. The predicted molar refractivity (Wildman–Crippen MR) is 133 cm³/mol. The Morgan fingerprint density at radius 2 is 0.971 bits per heavy atom. The maximum atomic E-state index is 12.9. The number of H-pyrrole nitrogens is 4. The summed E-state index contributed by atoms with van der Waals surface area (Å²) in [4.78, 5) is 39.2. The zero-order chi connectivity index (χ0) is 23.6. The van der Waals surface area contributed by atoms with Crippen LogP contribution in [-0.2, 0) is 0 Å². The van der Waals surface area contributed by atoms with Crippen LogP contribution in [0.25, 0.3) is 56.3 Å². The molecule has 0 unspecified atom stereocenters. The van der Waals surface area contributed by atoms with Gasteiger partial charge in [0.15, 0.2) is 11.6 Å². The molecule has 0 fully saturated rings. The standard InChI is InChI=1S/C26H16N6O2S/c1-9-5-13-19(27-9)21-15(25(13)33)7-17(29-21)11-3-4-12(24-23(11)31-35-32-24)18-8-16-22(30-18)20-14(26(16)34)6-10(2)28-20/h3-8,27-30H,1-2H3. The van der Waals surface area contributed by atoms with E-state index in [9.17, 15) is 9.59 Å². The van der Waals surface area contributed by atoms with E-state index in [1.165, 1.54) is 0 Å². The normalized spacial score (nSPS) is 13.5. The van der Waals surface area contributed by atoms with Gasteiger partial charge in [0.25, 0.3) is 0 Å². The molecule has 0 atom stereocenters. The Bertz CT molecular complexity index is 1790. The van der Waals surface area contributed by atoms with Gasteiger partial charge < -0.3 is 19.9 Å². The van der Waals surface area contributed by atoms with Crippen molar-refractivity contribution in [2.75, 3.05) is 0 Å². The SMILES string of the molecule is Cc1cc2c([nH]1)-c1[nH]c(-c3ccc(-c4cc5c([nH]4)-c4[nH]c(C)cc4C5=O)c4nsnc34)cc1C2=O. The van der Waals surface area contributed by atoms with Gasteiger partial charge in [-0.1, -0.05) is 0 Å². The number of nitrogens with zero attached hydrogens (tertiary/aromatic N) is 2. The molecule has 0 aliphatic heterocycles. The maximum Gasteiger partial charge on any atom is 0.197 e. The number of hydrogen-bond donors (Lipinski definition) is 4. The summed E-state index contributed by atoms with van der Waals surface area (Å²) >= 11 is 1.14. The number of aromatic nitrogens is 6. The Labute approximate surface area is 201 Å². The Morgan fingerprint density at radius 3 is 1.43 bits per heavy atom. The van der Waals surface area contributed by atoms with Crippen LogP contribution in [-0.4, -0.2) is 40.2 Å². The van der Waals surface area contributed by atoms with Crippen molar-refractivity contribution in [3.8, 4) is 45.3 Å². The Balaban J connectivity index is 1.26. The quantitative estimate of drug-likeness (QED) is 0.268. The average molecular weight is 477 g/mol. The van der Waals surface area contributed by atoms with Gasteiger partial charge in [-0.3, -0.25) is 9.59 Å². The van der Waals surface area contributed by atoms with Gasteiger partial charge in [-0.25, -0.2) is 0 Å². The van der Waals surface area contributed by atoms with E-state index < -0.39 is 0 Å². The van der Waals surface area contributed by atoms with E-state index in [1.54, 1.807) is 0 Å². The van der Waals surface area contributed by atoms with Crippen molar-refractivity contribution in [1.82, 2.24) is 28.7 Å². The topological polar surface area (TPSA) is 123 Å². The molecule has 9 heteroatoms. The third-order valence-electron chi connectivity index (χ3n) is 7.01. The van der Waals surface area contributed by atoms with Gasteiger partial charge in [0.05, 0.1) is 45.6 Å². The van der Waals surface area contributed by atoms with E-state index in [0.717, 1.165) is 79.4 Å².